The number of nitrogens with zero attached hydrogens (tertiary/aromatic N) is 2. The van der Waals surface area contributed by atoms with E-state index >= 15 is 0 Å². The van der Waals surface area contributed by atoms with Gasteiger partial charge in [-0.25, -0.2) is 0 Å². The monoisotopic (exact) mass is 351 g/mol. The third kappa shape index (κ3) is 3.36. The molecule has 0 bridgehead atoms. The van der Waals surface area contributed by atoms with Crippen molar-refractivity contribution >= 4 is 23.3 Å². The van der Waals surface area contributed by atoms with Gasteiger partial charge in [-0.1, -0.05) is 23.8 Å². The highest BCUT2D eigenvalue weighted by Crippen LogP contribution is 2.29. The molecule has 6 nitrogen and oxygen atoms in total. The largest absolute Gasteiger partial charge is 0.355 e. The predicted molar refractivity (Wildman–Crippen MR) is 99.2 cm³/mol. The molecule has 0 radical (unpaired) electrons. The van der Waals surface area contributed by atoms with Crippen LogP contribution in [-0.4, -0.2) is 43.3 Å². The number of aryl methyl sites for hydroxylation is 1. The number of Topliss-reactive ketones (excluding diaryl/α,β-unsaturated/α-hetero) is 1. The molecular formula is C20H21N3O3. The minimum atomic E-state index is -0.493. The summed E-state index contributed by atoms with van der Waals surface area (Å²) in [5, 5.41) is 2.59. The molecule has 2 aromatic rings. The third-order valence-corrected chi connectivity index (χ3v) is 4.41. The summed E-state index contributed by atoms with van der Waals surface area (Å²) in [6, 6.07) is 12.8. The quantitative estimate of drug-likeness (QED) is 0.836. The van der Waals surface area contributed by atoms with Crippen LogP contribution >= 0.6 is 0 Å². The minimum Gasteiger partial charge on any atom is -0.355 e. The van der Waals surface area contributed by atoms with Gasteiger partial charge in [0.25, 0.3) is 11.7 Å². The molecule has 0 saturated heterocycles. The first-order valence-corrected chi connectivity index (χ1v) is 8.37. The fourth-order valence-electron chi connectivity index (χ4n) is 3.06. The van der Waals surface area contributed by atoms with Crippen molar-refractivity contribution in [2.45, 2.75) is 13.5 Å². The second kappa shape index (κ2) is 7.09. The van der Waals surface area contributed by atoms with E-state index in [-0.39, 0.29) is 5.91 Å². The Hall–Kier alpha value is -2.99. The highest BCUT2D eigenvalue weighted by Gasteiger charge is 2.36. The van der Waals surface area contributed by atoms with E-state index in [1.165, 1.54) is 4.90 Å². The molecular weight excluding hydrogens is 330 g/mol. The molecule has 0 aliphatic carbocycles. The van der Waals surface area contributed by atoms with Crippen LogP contribution in [-0.2, 0) is 11.3 Å². The van der Waals surface area contributed by atoms with Gasteiger partial charge in [0.05, 0.1) is 17.9 Å². The van der Waals surface area contributed by atoms with Crippen molar-refractivity contribution in [2.24, 2.45) is 0 Å². The molecule has 0 saturated carbocycles. The van der Waals surface area contributed by atoms with Crippen LogP contribution in [0, 0.1) is 6.92 Å². The Morgan fingerprint density at radius 1 is 1.12 bits per heavy atom. The van der Waals surface area contributed by atoms with Gasteiger partial charge in [0.1, 0.15) is 0 Å². The number of rotatable bonds is 5. The average Bonchev–Trinajstić information content (AvgIpc) is 2.86. The van der Waals surface area contributed by atoms with Crippen molar-refractivity contribution in [1.29, 1.82) is 0 Å². The predicted octanol–water partition coefficient (Wildman–Crippen LogP) is 1.97. The second-order valence-electron chi connectivity index (χ2n) is 6.51. The van der Waals surface area contributed by atoms with E-state index < -0.39 is 11.7 Å². The molecule has 0 spiro atoms. The number of hydrogen-bond donors (Lipinski definition) is 1. The van der Waals surface area contributed by atoms with Crippen LogP contribution < -0.4 is 10.2 Å². The maximum atomic E-state index is 12.3. The van der Waals surface area contributed by atoms with Gasteiger partial charge < -0.3 is 5.32 Å². The topological polar surface area (TPSA) is 69.7 Å². The number of benzene rings is 2. The van der Waals surface area contributed by atoms with Gasteiger partial charge in [-0.3, -0.25) is 24.2 Å². The normalized spacial score (nSPS) is 13.3. The summed E-state index contributed by atoms with van der Waals surface area (Å²) < 4.78 is 0. The van der Waals surface area contributed by atoms with E-state index in [0.717, 1.165) is 11.1 Å². The summed E-state index contributed by atoms with van der Waals surface area (Å²) in [5.74, 6) is -1.07. The number of ketones is 1. The SMILES string of the molecule is CNC(=O)c1ccc(CN(C)CN2C(=O)C(=O)c3cc(C)ccc32)cc1. The molecule has 6 heteroatoms. The molecule has 1 aliphatic rings. The molecule has 0 aromatic heterocycles. The standard InChI is InChI=1S/C20H21N3O3/c1-13-4-9-17-16(10-13)18(24)20(26)23(17)12-22(3)11-14-5-7-15(8-6-14)19(25)21-2/h4-10H,11-12H2,1-3H3,(H,21,25). The summed E-state index contributed by atoms with van der Waals surface area (Å²) >= 11 is 0. The summed E-state index contributed by atoms with van der Waals surface area (Å²) in [6.45, 7) is 2.81. The van der Waals surface area contributed by atoms with Crippen molar-refractivity contribution in [2.75, 3.05) is 25.7 Å². The van der Waals surface area contributed by atoms with Crippen LogP contribution in [0.5, 0.6) is 0 Å². The second-order valence-corrected chi connectivity index (χ2v) is 6.51. The van der Waals surface area contributed by atoms with Crippen molar-refractivity contribution in [3.63, 3.8) is 0 Å². The summed E-state index contributed by atoms with van der Waals surface area (Å²) in [6.07, 6.45) is 0. The van der Waals surface area contributed by atoms with E-state index in [4.69, 9.17) is 0 Å². The van der Waals surface area contributed by atoms with Gasteiger partial charge in [0.2, 0.25) is 0 Å². The van der Waals surface area contributed by atoms with Crippen LogP contribution in [0.3, 0.4) is 0 Å². The van der Waals surface area contributed by atoms with Gasteiger partial charge in [-0.05, 0) is 43.8 Å². The number of amides is 2. The molecule has 1 aliphatic heterocycles. The van der Waals surface area contributed by atoms with Crippen molar-refractivity contribution in [3.8, 4) is 0 Å². The number of hydrogen-bond acceptors (Lipinski definition) is 4. The molecule has 2 aromatic carbocycles. The smallest absolute Gasteiger partial charge is 0.300 e. The number of anilines is 1. The molecule has 134 valence electrons. The first-order valence-electron chi connectivity index (χ1n) is 8.37. The van der Waals surface area contributed by atoms with E-state index in [9.17, 15) is 14.4 Å². The molecule has 2 amide bonds. The first kappa shape index (κ1) is 17.8. The number of carbonyl (C=O) groups excluding carboxylic acids is 3. The van der Waals surface area contributed by atoms with Gasteiger partial charge in [0, 0.05) is 19.2 Å². The lowest BCUT2D eigenvalue weighted by Gasteiger charge is -2.24. The molecule has 3 rings (SSSR count). The van der Waals surface area contributed by atoms with Crippen molar-refractivity contribution in [3.05, 3.63) is 64.7 Å². The molecule has 26 heavy (non-hydrogen) atoms. The summed E-state index contributed by atoms with van der Waals surface area (Å²) in [4.78, 5) is 39.6. The first-order chi connectivity index (χ1) is 12.4. The Morgan fingerprint density at radius 3 is 2.46 bits per heavy atom. The lowest BCUT2D eigenvalue weighted by molar-refractivity contribution is -0.114. The van der Waals surface area contributed by atoms with Gasteiger partial charge in [0.15, 0.2) is 0 Å². The molecule has 1 N–H and O–H groups in total. The van der Waals surface area contributed by atoms with Crippen LogP contribution in [0.15, 0.2) is 42.5 Å². The lowest BCUT2D eigenvalue weighted by Crippen LogP contribution is -2.38. The zero-order chi connectivity index (χ0) is 18.8. The van der Waals surface area contributed by atoms with E-state index in [2.05, 4.69) is 5.32 Å². The van der Waals surface area contributed by atoms with Crippen LogP contribution in [0.2, 0.25) is 0 Å². The van der Waals surface area contributed by atoms with Gasteiger partial charge in [-0.2, -0.15) is 0 Å². The Bertz CT molecular complexity index is 874. The Labute approximate surface area is 152 Å². The molecule has 1 heterocycles. The highest BCUT2D eigenvalue weighted by molar-refractivity contribution is 6.52. The van der Waals surface area contributed by atoms with Crippen molar-refractivity contribution < 1.29 is 14.4 Å². The lowest BCUT2D eigenvalue weighted by atomic mass is 10.1. The Kier molecular flexibility index (Phi) is 4.86. The molecule has 0 unspecified atom stereocenters. The highest BCUT2D eigenvalue weighted by atomic mass is 16.2. The number of fused-ring (bicyclic) bond motifs is 1. The average molecular weight is 351 g/mol. The Morgan fingerprint density at radius 2 is 1.81 bits per heavy atom. The zero-order valence-electron chi connectivity index (χ0n) is 15.1. The summed E-state index contributed by atoms with van der Waals surface area (Å²) in [7, 11) is 3.48. The molecule has 0 atom stereocenters. The van der Waals surface area contributed by atoms with Crippen LogP contribution in [0.1, 0.15) is 31.8 Å². The fourth-order valence-corrected chi connectivity index (χ4v) is 3.06. The van der Waals surface area contributed by atoms with Crippen LogP contribution in [0.25, 0.3) is 0 Å². The minimum absolute atomic E-state index is 0.127. The van der Waals surface area contributed by atoms with Crippen LogP contribution in [0.4, 0.5) is 5.69 Å². The number of carbonyl (C=O) groups is 3. The third-order valence-electron chi connectivity index (χ3n) is 4.41. The Balaban J connectivity index is 1.71. The molecule has 0 fully saturated rings. The van der Waals surface area contributed by atoms with Gasteiger partial charge >= 0.3 is 5.91 Å². The summed E-state index contributed by atoms with van der Waals surface area (Å²) in [5.41, 5.74) is 3.70. The van der Waals surface area contributed by atoms with Crippen molar-refractivity contribution in [1.82, 2.24) is 10.2 Å². The van der Waals surface area contributed by atoms with E-state index in [1.54, 1.807) is 25.2 Å². The maximum Gasteiger partial charge on any atom is 0.300 e. The fraction of sp³-hybridized carbons (Fsp3) is 0.250. The van der Waals surface area contributed by atoms with E-state index in [0.29, 0.717) is 30.0 Å². The number of nitrogens with one attached hydrogen (secondary N) is 1. The zero-order valence-corrected chi connectivity index (χ0v) is 15.1. The maximum absolute atomic E-state index is 12.3. The van der Waals surface area contributed by atoms with Gasteiger partial charge in [-0.15, -0.1) is 0 Å². The van der Waals surface area contributed by atoms with E-state index in [1.807, 2.05) is 43.1 Å².